The molecule has 2 bridgehead atoms. The number of benzene rings is 3. The van der Waals surface area contributed by atoms with Gasteiger partial charge in [0.1, 0.15) is 11.9 Å². The van der Waals surface area contributed by atoms with Crippen LogP contribution in [0.25, 0.3) is 10.8 Å². The van der Waals surface area contributed by atoms with Gasteiger partial charge in [0.05, 0.1) is 41.1 Å². The number of hydrogen-bond donors (Lipinski definition) is 4. The van der Waals surface area contributed by atoms with Crippen LogP contribution >= 0.6 is 0 Å². The summed E-state index contributed by atoms with van der Waals surface area (Å²) in [5, 5.41) is 14.2. The number of likely N-dealkylation sites (tertiary alicyclic amines) is 1. The lowest BCUT2D eigenvalue weighted by Gasteiger charge is -2.53. The number of aromatic nitrogens is 2. The molecular weight excluding hydrogens is 956 g/mol. The average molecular weight is 1020 g/mol. The second-order valence-corrected chi connectivity index (χ2v) is 23.1. The summed E-state index contributed by atoms with van der Waals surface area (Å²) >= 11 is 0. The quantitative estimate of drug-likeness (QED) is 0.129. The SMILES string of the molecule is O=C(N[C@@H](C(=O)NS(=O)(=O)CC12CCC(NCC(=O)N3CCN(C(=O)c4cc(Cc5n[nH]c(=O)c6ccccc56)ccc4F)CC3)(CC1)CO2)C1CCCCC1)c1cccc(C2CCCN(C(=O)C3CC3)C2)c1. The number of fused-ring (bicyclic) bond motifs is 4. The summed E-state index contributed by atoms with van der Waals surface area (Å²) in [4.78, 5) is 85.4. The van der Waals surface area contributed by atoms with Crippen molar-refractivity contribution in [2.75, 3.05) is 58.2 Å². The first-order valence-corrected chi connectivity index (χ1v) is 27.8. The van der Waals surface area contributed by atoms with Crippen molar-refractivity contribution in [2.24, 2.45) is 11.8 Å². The van der Waals surface area contributed by atoms with Crippen LogP contribution in [0.3, 0.4) is 0 Å². The molecule has 2 atom stereocenters. The van der Waals surface area contributed by atoms with Gasteiger partial charge >= 0.3 is 0 Å². The highest BCUT2D eigenvalue weighted by molar-refractivity contribution is 7.90. The van der Waals surface area contributed by atoms with Crippen molar-refractivity contribution in [3.63, 3.8) is 0 Å². The zero-order chi connectivity index (χ0) is 50.9. The van der Waals surface area contributed by atoms with E-state index in [1.807, 2.05) is 29.2 Å². The van der Waals surface area contributed by atoms with Gasteiger partial charge in [-0.05, 0) is 112 Å². The van der Waals surface area contributed by atoms with Crippen LogP contribution in [0.1, 0.15) is 127 Å². The molecule has 4 aliphatic heterocycles. The lowest BCUT2D eigenvalue weighted by molar-refractivity contribution is -0.152. The predicted molar refractivity (Wildman–Crippen MR) is 269 cm³/mol. The van der Waals surface area contributed by atoms with E-state index in [4.69, 9.17) is 4.74 Å². The highest BCUT2D eigenvalue weighted by Crippen LogP contribution is 2.44. The van der Waals surface area contributed by atoms with Gasteiger partial charge in [0.15, 0.2) is 0 Å². The number of carbonyl (C=O) groups excluding carboxylic acids is 5. The Morgan fingerprint density at radius 1 is 0.808 bits per heavy atom. The third kappa shape index (κ3) is 11.4. The number of nitrogens with zero attached hydrogens (tertiary/aromatic N) is 4. The van der Waals surface area contributed by atoms with Crippen LogP contribution in [-0.2, 0) is 35.6 Å². The summed E-state index contributed by atoms with van der Waals surface area (Å²) in [5.41, 5.74) is 0.642. The Morgan fingerprint density at radius 3 is 2.27 bits per heavy atom. The Balaban J connectivity index is 0.697. The number of ether oxygens (including phenoxy) is 1. The Morgan fingerprint density at radius 2 is 1.55 bits per heavy atom. The Kier molecular flexibility index (Phi) is 14.6. The molecule has 3 saturated carbocycles. The molecule has 4 N–H and O–H groups in total. The highest BCUT2D eigenvalue weighted by atomic mass is 32.2. The molecule has 3 aliphatic carbocycles. The zero-order valence-corrected chi connectivity index (χ0v) is 42.0. The molecule has 5 heterocycles. The maximum Gasteiger partial charge on any atom is 0.272 e. The number of aromatic amines is 1. The summed E-state index contributed by atoms with van der Waals surface area (Å²) in [6.07, 6.45) is 9.98. The fourth-order valence-corrected chi connectivity index (χ4v) is 13.5. The smallest absolute Gasteiger partial charge is 0.272 e. The van der Waals surface area contributed by atoms with E-state index in [1.54, 1.807) is 35.2 Å². The number of piperazine rings is 1. The first kappa shape index (κ1) is 50.5. The highest BCUT2D eigenvalue weighted by Gasteiger charge is 2.52. The lowest BCUT2D eigenvalue weighted by atomic mass is 9.72. The Bertz CT molecular complexity index is 2930. The van der Waals surface area contributed by atoms with E-state index in [1.165, 1.54) is 17.0 Å². The molecule has 5 amide bonds. The van der Waals surface area contributed by atoms with Crippen molar-refractivity contribution >= 4 is 50.3 Å². The number of piperidine rings is 1. The van der Waals surface area contributed by atoms with Gasteiger partial charge in [0, 0.05) is 74.0 Å². The minimum Gasteiger partial charge on any atom is -0.372 e. The van der Waals surface area contributed by atoms with Crippen molar-refractivity contribution < 1.29 is 41.5 Å². The lowest BCUT2D eigenvalue weighted by Crippen LogP contribution is -2.65. The fourth-order valence-electron chi connectivity index (χ4n) is 11.9. The number of halogens is 1. The van der Waals surface area contributed by atoms with Crippen LogP contribution in [0.5, 0.6) is 0 Å². The Hall–Kier alpha value is -6.05. The molecule has 3 aromatic carbocycles. The van der Waals surface area contributed by atoms with Gasteiger partial charge in [-0.3, -0.25) is 33.5 Å². The van der Waals surface area contributed by atoms with E-state index in [0.717, 1.165) is 57.1 Å². The first-order valence-electron chi connectivity index (χ1n) is 26.1. The summed E-state index contributed by atoms with van der Waals surface area (Å²) in [5.74, 6) is -2.69. The maximum atomic E-state index is 15.1. The summed E-state index contributed by atoms with van der Waals surface area (Å²) in [6, 6.07) is 17.7. The Labute approximate surface area is 424 Å². The minimum absolute atomic E-state index is 0.0158. The predicted octanol–water partition coefficient (Wildman–Crippen LogP) is 4.55. The fraction of sp³-hybridized carbons (Fsp3) is 0.537. The van der Waals surface area contributed by atoms with Crippen LogP contribution in [0.4, 0.5) is 4.39 Å². The zero-order valence-electron chi connectivity index (χ0n) is 41.2. The molecule has 1 unspecified atom stereocenters. The summed E-state index contributed by atoms with van der Waals surface area (Å²) in [6.45, 7) is 2.52. The molecule has 73 heavy (non-hydrogen) atoms. The van der Waals surface area contributed by atoms with Gasteiger partial charge in [-0.1, -0.05) is 55.7 Å². The number of H-pyrrole nitrogens is 1. The average Bonchev–Trinajstić information content (AvgIpc) is 4.27. The van der Waals surface area contributed by atoms with E-state index in [9.17, 15) is 37.2 Å². The van der Waals surface area contributed by atoms with Crippen LogP contribution < -0.4 is 20.9 Å². The maximum absolute atomic E-state index is 15.1. The number of sulfonamides is 1. The monoisotopic (exact) mass is 1020 g/mol. The molecule has 17 nitrogen and oxygen atoms in total. The van der Waals surface area contributed by atoms with Crippen molar-refractivity contribution in [1.29, 1.82) is 0 Å². The molecule has 11 rings (SSSR count). The first-order chi connectivity index (χ1) is 35.2. The van der Waals surface area contributed by atoms with Gasteiger partial charge in [-0.15, -0.1) is 0 Å². The van der Waals surface area contributed by atoms with Crippen LogP contribution in [0.15, 0.2) is 71.5 Å². The standard InChI is InChI=1S/C54H65FN8O9S/c55-44-18-15-35(29-45-41-13-4-5-14-42(41)49(66)59-58-45)28-43(44)52(69)62-26-24-61(25-27-62)46(64)31-56-53-19-21-54(22-20-53,72-33-53)34-73(70,71)60-50(67)47(36-8-2-1-3-9-36)57-48(65)39-11-6-10-38(30-39)40-12-7-23-63(32-40)51(68)37-16-17-37/h4-6,10-11,13-15,18,28,30,36-37,40,47,56H,1-3,7-9,12,16-17,19-27,29,31-34H2,(H,57,65)(H,59,66)(H,60,67)/t40?,47-,53?,54?/m1/s1. The van der Waals surface area contributed by atoms with Crippen LogP contribution in [0, 0.1) is 17.7 Å². The van der Waals surface area contributed by atoms with Gasteiger partial charge < -0.3 is 30.1 Å². The topological polar surface area (TPSA) is 220 Å². The minimum atomic E-state index is -4.21. The third-order valence-corrected chi connectivity index (χ3v) is 17.8. The van der Waals surface area contributed by atoms with Gasteiger partial charge in [-0.25, -0.2) is 17.9 Å². The van der Waals surface area contributed by atoms with Gasteiger partial charge in [0.25, 0.3) is 23.3 Å². The van der Waals surface area contributed by atoms with E-state index in [-0.39, 0.29) is 86.4 Å². The van der Waals surface area contributed by atoms with Crippen molar-refractivity contribution in [3.05, 3.63) is 111 Å². The molecular formula is C54H65FN8O9S. The third-order valence-electron chi connectivity index (χ3n) is 16.4. The van der Waals surface area contributed by atoms with Crippen molar-refractivity contribution in [3.8, 4) is 0 Å². The summed E-state index contributed by atoms with van der Waals surface area (Å²) in [7, 11) is -4.21. The number of hydrogen-bond acceptors (Lipinski definition) is 11. The molecule has 0 radical (unpaired) electrons. The van der Waals surface area contributed by atoms with Crippen LogP contribution in [0.2, 0.25) is 0 Å². The van der Waals surface area contributed by atoms with E-state index in [2.05, 4.69) is 25.6 Å². The van der Waals surface area contributed by atoms with Crippen molar-refractivity contribution in [1.82, 2.24) is 40.3 Å². The molecule has 4 saturated heterocycles. The van der Waals surface area contributed by atoms with E-state index < -0.39 is 56.5 Å². The number of nitrogens with one attached hydrogen (secondary N) is 4. The largest absolute Gasteiger partial charge is 0.372 e. The molecule has 4 aromatic rings. The van der Waals surface area contributed by atoms with Gasteiger partial charge in [0.2, 0.25) is 21.8 Å². The molecule has 1 aromatic heterocycles. The number of rotatable bonds is 15. The van der Waals surface area contributed by atoms with E-state index in [0.29, 0.717) is 72.7 Å². The summed E-state index contributed by atoms with van der Waals surface area (Å²) < 4.78 is 51.5. The number of amides is 5. The van der Waals surface area contributed by atoms with Crippen LogP contribution in [-0.4, -0.2) is 138 Å². The normalized spacial score (nSPS) is 24.0. The van der Waals surface area contributed by atoms with E-state index >= 15 is 4.39 Å². The number of carbonyl (C=O) groups is 5. The van der Waals surface area contributed by atoms with Crippen molar-refractivity contribution in [2.45, 2.75) is 113 Å². The van der Waals surface area contributed by atoms with Gasteiger partial charge in [-0.2, -0.15) is 5.10 Å². The molecule has 388 valence electrons. The molecule has 7 aliphatic rings. The molecule has 7 fully saturated rings. The second-order valence-electron chi connectivity index (χ2n) is 21.4. The molecule has 0 spiro atoms. The molecule has 19 heteroatoms. The second kappa shape index (κ2) is 21.1.